The molecule has 2 fully saturated rings. The highest BCUT2D eigenvalue weighted by Gasteiger charge is 2.48. The van der Waals surface area contributed by atoms with Gasteiger partial charge in [0.15, 0.2) is 0 Å². The van der Waals surface area contributed by atoms with Crippen molar-refractivity contribution in [3.8, 4) is 0 Å². The average molecular weight is 301 g/mol. The second-order valence-corrected chi connectivity index (χ2v) is 7.60. The molecular formula is C18H27N3O. The second kappa shape index (κ2) is 5.36. The van der Waals surface area contributed by atoms with Crippen LogP contribution in [0.1, 0.15) is 31.0 Å². The van der Waals surface area contributed by atoms with E-state index in [0.29, 0.717) is 17.9 Å². The molecule has 0 aromatic heterocycles. The molecule has 0 radical (unpaired) electrons. The van der Waals surface area contributed by atoms with Crippen molar-refractivity contribution in [2.75, 3.05) is 26.7 Å². The fourth-order valence-corrected chi connectivity index (χ4v) is 4.22. The number of aryl methyl sites for hydroxylation is 1. The number of hydrogen-bond acceptors (Lipinski definition) is 3. The van der Waals surface area contributed by atoms with Crippen LogP contribution in [0.3, 0.4) is 0 Å². The molecule has 0 bridgehead atoms. The predicted octanol–water partition coefficient (Wildman–Crippen LogP) is 1.79. The van der Waals surface area contributed by atoms with Crippen molar-refractivity contribution in [2.24, 2.45) is 17.6 Å². The quantitative estimate of drug-likeness (QED) is 0.906. The molecule has 22 heavy (non-hydrogen) atoms. The predicted molar refractivity (Wildman–Crippen MR) is 88.4 cm³/mol. The Hall–Kier alpha value is -1.39. The van der Waals surface area contributed by atoms with Gasteiger partial charge in [-0.25, -0.2) is 0 Å². The van der Waals surface area contributed by atoms with Crippen LogP contribution in [-0.4, -0.2) is 47.9 Å². The lowest BCUT2D eigenvalue weighted by Crippen LogP contribution is -2.51. The van der Waals surface area contributed by atoms with Gasteiger partial charge in [-0.2, -0.15) is 0 Å². The van der Waals surface area contributed by atoms with E-state index in [9.17, 15) is 4.79 Å². The van der Waals surface area contributed by atoms with E-state index in [4.69, 9.17) is 5.73 Å². The molecule has 3 atom stereocenters. The zero-order valence-corrected chi connectivity index (χ0v) is 14.0. The van der Waals surface area contributed by atoms with Gasteiger partial charge in [0.2, 0.25) is 5.91 Å². The van der Waals surface area contributed by atoms with Crippen molar-refractivity contribution in [1.82, 2.24) is 9.80 Å². The fraction of sp³-hybridized carbons (Fsp3) is 0.611. The molecule has 2 N–H and O–H groups in total. The first kappa shape index (κ1) is 15.5. The molecule has 0 saturated carbocycles. The number of nitrogens with zero attached hydrogens (tertiary/aromatic N) is 2. The summed E-state index contributed by atoms with van der Waals surface area (Å²) in [5.74, 6) is 1.14. The summed E-state index contributed by atoms with van der Waals surface area (Å²) < 4.78 is 0. The normalized spacial score (nSPS) is 29.0. The molecule has 2 heterocycles. The summed E-state index contributed by atoms with van der Waals surface area (Å²) in [5, 5.41) is 0. The monoisotopic (exact) mass is 301 g/mol. The highest BCUT2D eigenvalue weighted by molar-refractivity contribution is 5.85. The van der Waals surface area contributed by atoms with Gasteiger partial charge >= 0.3 is 0 Å². The van der Waals surface area contributed by atoms with Gasteiger partial charge in [0.05, 0.1) is 5.54 Å². The van der Waals surface area contributed by atoms with Gasteiger partial charge in [-0.1, -0.05) is 24.3 Å². The summed E-state index contributed by atoms with van der Waals surface area (Å²) >= 11 is 0. The third-order valence-corrected chi connectivity index (χ3v) is 5.24. The average Bonchev–Trinajstić information content (AvgIpc) is 2.94. The maximum absolute atomic E-state index is 12.5. The Morgan fingerprint density at radius 2 is 1.91 bits per heavy atom. The minimum atomic E-state index is -0.775. The molecule has 3 rings (SSSR count). The molecule has 1 aromatic carbocycles. The van der Waals surface area contributed by atoms with Crippen LogP contribution in [0, 0.1) is 18.8 Å². The first-order valence-corrected chi connectivity index (χ1v) is 8.13. The van der Waals surface area contributed by atoms with Crippen molar-refractivity contribution >= 4 is 5.91 Å². The van der Waals surface area contributed by atoms with Crippen molar-refractivity contribution in [2.45, 2.75) is 32.4 Å². The molecule has 1 amide bonds. The zero-order chi connectivity index (χ0) is 16.1. The molecule has 4 nitrogen and oxygen atoms in total. The van der Waals surface area contributed by atoms with E-state index in [1.165, 1.54) is 11.1 Å². The molecule has 0 aliphatic carbocycles. The van der Waals surface area contributed by atoms with Gasteiger partial charge in [0.25, 0.3) is 0 Å². The van der Waals surface area contributed by atoms with Crippen molar-refractivity contribution in [3.05, 3.63) is 35.4 Å². The lowest BCUT2D eigenvalue weighted by Gasteiger charge is -2.30. The van der Waals surface area contributed by atoms with Gasteiger partial charge in [-0.3, -0.25) is 9.69 Å². The van der Waals surface area contributed by atoms with Crippen LogP contribution in [0.15, 0.2) is 24.3 Å². The number of carbonyl (C=O) groups excluding carboxylic acids is 1. The molecular weight excluding hydrogens is 274 g/mol. The minimum Gasteiger partial charge on any atom is -0.340 e. The molecule has 0 spiro atoms. The standard InChI is InChI=1S/C18H27N3O/c1-12-7-5-6-8-14(12)16-15-11-21(17(22)18(2,3)19)10-13(15)9-20(16)4/h5-8,13,15-16H,9-11,19H2,1-4H3/t13-,15+,16+/m0/s1. The Morgan fingerprint density at radius 3 is 2.55 bits per heavy atom. The molecule has 2 aliphatic rings. The summed E-state index contributed by atoms with van der Waals surface area (Å²) in [5.41, 5.74) is 7.97. The number of benzene rings is 1. The molecule has 2 aliphatic heterocycles. The number of rotatable bonds is 2. The Bertz CT molecular complexity index is 578. The Balaban J connectivity index is 1.84. The summed E-state index contributed by atoms with van der Waals surface area (Å²) in [7, 11) is 2.20. The maximum Gasteiger partial charge on any atom is 0.242 e. The van der Waals surface area contributed by atoms with E-state index in [2.05, 4.69) is 43.1 Å². The number of nitrogens with two attached hydrogens (primary N) is 1. The van der Waals surface area contributed by atoms with Crippen LogP contribution in [0.2, 0.25) is 0 Å². The second-order valence-electron chi connectivity index (χ2n) is 7.60. The van der Waals surface area contributed by atoms with E-state index in [1.54, 1.807) is 13.8 Å². The number of amides is 1. The largest absolute Gasteiger partial charge is 0.340 e. The Labute approximate surface area is 133 Å². The van der Waals surface area contributed by atoms with E-state index in [0.717, 1.165) is 19.6 Å². The summed E-state index contributed by atoms with van der Waals surface area (Å²) in [4.78, 5) is 16.9. The molecule has 0 unspecified atom stereocenters. The topological polar surface area (TPSA) is 49.6 Å². The van der Waals surface area contributed by atoms with Crippen molar-refractivity contribution in [1.29, 1.82) is 0 Å². The fourth-order valence-electron chi connectivity index (χ4n) is 4.22. The van der Waals surface area contributed by atoms with Gasteiger partial charge in [0, 0.05) is 31.6 Å². The van der Waals surface area contributed by atoms with E-state index in [1.807, 2.05) is 4.90 Å². The van der Waals surface area contributed by atoms with Crippen LogP contribution in [0.4, 0.5) is 0 Å². The Morgan fingerprint density at radius 1 is 1.23 bits per heavy atom. The van der Waals surface area contributed by atoms with Crippen LogP contribution in [0.25, 0.3) is 0 Å². The lowest BCUT2D eigenvalue weighted by atomic mass is 9.88. The number of carbonyl (C=O) groups is 1. The first-order valence-electron chi connectivity index (χ1n) is 8.13. The summed E-state index contributed by atoms with van der Waals surface area (Å²) in [6, 6.07) is 9.02. The van der Waals surface area contributed by atoms with E-state index < -0.39 is 5.54 Å². The van der Waals surface area contributed by atoms with Crippen LogP contribution in [-0.2, 0) is 4.79 Å². The molecule has 4 heteroatoms. The van der Waals surface area contributed by atoms with Gasteiger partial charge in [-0.05, 0) is 44.9 Å². The van der Waals surface area contributed by atoms with E-state index >= 15 is 0 Å². The molecule has 120 valence electrons. The molecule has 2 saturated heterocycles. The Kier molecular flexibility index (Phi) is 3.77. The van der Waals surface area contributed by atoms with Crippen molar-refractivity contribution < 1.29 is 4.79 Å². The highest BCUT2D eigenvalue weighted by Crippen LogP contribution is 2.45. The highest BCUT2D eigenvalue weighted by atomic mass is 16.2. The number of fused-ring (bicyclic) bond motifs is 1. The van der Waals surface area contributed by atoms with Crippen LogP contribution >= 0.6 is 0 Å². The van der Waals surface area contributed by atoms with Gasteiger partial charge in [-0.15, -0.1) is 0 Å². The first-order chi connectivity index (χ1) is 10.3. The summed E-state index contributed by atoms with van der Waals surface area (Å²) in [6.07, 6.45) is 0. The van der Waals surface area contributed by atoms with Crippen molar-refractivity contribution in [3.63, 3.8) is 0 Å². The lowest BCUT2D eigenvalue weighted by molar-refractivity contribution is -0.135. The van der Waals surface area contributed by atoms with Crippen LogP contribution < -0.4 is 5.73 Å². The minimum absolute atomic E-state index is 0.0769. The van der Waals surface area contributed by atoms with E-state index in [-0.39, 0.29) is 5.91 Å². The van der Waals surface area contributed by atoms with Gasteiger partial charge in [0.1, 0.15) is 0 Å². The number of hydrogen-bond donors (Lipinski definition) is 1. The number of likely N-dealkylation sites (tertiary alicyclic amines) is 2. The SMILES string of the molecule is Cc1ccccc1[C@@H]1[C@@H]2CN(C(=O)C(C)(C)N)C[C@@H]2CN1C. The third-order valence-electron chi connectivity index (χ3n) is 5.24. The van der Waals surface area contributed by atoms with Gasteiger partial charge < -0.3 is 10.6 Å². The smallest absolute Gasteiger partial charge is 0.242 e. The summed E-state index contributed by atoms with van der Waals surface area (Å²) in [6.45, 7) is 8.50. The maximum atomic E-state index is 12.5. The molecule has 1 aromatic rings. The van der Waals surface area contributed by atoms with Crippen LogP contribution in [0.5, 0.6) is 0 Å². The zero-order valence-electron chi connectivity index (χ0n) is 14.0. The third kappa shape index (κ3) is 2.55.